The summed E-state index contributed by atoms with van der Waals surface area (Å²) in [7, 11) is 0. The van der Waals surface area contributed by atoms with E-state index in [0.717, 1.165) is 36.1 Å². The molecule has 2 heterocycles. The van der Waals surface area contributed by atoms with E-state index in [1.54, 1.807) is 6.20 Å². The molecule has 1 aromatic carbocycles. The van der Waals surface area contributed by atoms with Gasteiger partial charge in [-0.2, -0.15) is 5.11 Å². The second kappa shape index (κ2) is 8.92. The van der Waals surface area contributed by atoms with Crippen LogP contribution >= 0.6 is 22.9 Å². The number of amidine groups is 1. The first-order valence-corrected chi connectivity index (χ1v) is 9.60. The third kappa shape index (κ3) is 5.24. The second-order valence-electron chi connectivity index (χ2n) is 6.09. The molecule has 0 unspecified atom stereocenters. The van der Waals surface area contributed by atoms with Crippen molar-refractivity contribution in [1.82, 2.24) is 4.98 Å². The van der Waals surface area contributed by atoms with E-state index in [1.807, 2.05) is 12.1 Å². The number of anilines is 1. The van der Waals surface area contributed by atoms with E-state index < -0.39 is 12.5 Å². The van der Waals surface area contributed by atoms with Gasteiger partial charge >= 0.3 is 5.97 Å². The Bertz CT molecular complexity index is 843. The molecule has 27 heavy (non-hydrogen) atoms. The predicted molar refractivity (Wildman–Crippen MR) is 106 cm³/mol. The van der Waals surface area contributed by atoms with Crippen LogP contribution < -0.4 is 10.6 Å². The van der Waals surface area contributed by atoms with Gasteiger partial charge in [0.2, 0.25) is 0 Å². The lowest BCUT2D eigenvalue weighted by molar-refractivity contribution is -0.135. The number of hydrogen-bond donors (Lipinski definition) is 2. The molecule has 3 rings (SSSR count). The van der Waals surface area contributed by atoms with E-state index in [2.05, 4.69) is 37.5 Å². The Hall–Kier alpha value is -2.52. The van der Waals surface area contributed by atoms with Gasteiger partial charge < -0.3 is 15.7 Å². The molecule has 2 aromatic rings. The summed E-state index contributed by atoms with van der Waals surface area (Å²) < 4.78 is 0. The molecule has 0 radical (unpaired) electrons. The van der Waals surface area contributed by atoms with Crippen molar-refractivity contribution in [3.8, 4) is 0 Å². The number of halogens is 1. The maximum atomic E-state index is 10.4. The number of carboxylic acid groups (broad SMARTS) is 1. The molecule has 0 aliphatic carbocycles. The Labute approximate surface area is 165 Å². The highest BCUT2D eigenvalue weighted by Gasteiger charge is 2.22. The number of aliphatic carboxylic acids is 1. The molecule has 1 aliphatic heterocycles. The van der Waals surface area contributed by atoms with Gasteiger partial charge in [-0.25, -0.2) is 4.98 Å². The molecule has 1 saturated heterocycles. The van der Waals surface area contributed by atoms with Crippen molar-refractivity contribution >= 4 is 39.9 Å². The van der Waals surface area contributed by atoms with Crippen LogP contribution in [0.2, 0.25) is 5.02 Å². The van der Waals surface area contributed by atoms with Gasteiger partial charge in [-0.05, 0) is 41.7 Å². The lowest BCUT2D eigenvalue weighted by Gasteiger charge is -2.32. The Morgan fingerprint density at radius 3 is 2.70 bits per heavy atom. The first kappa shape index (κ1) is 19.2. The molecule has 1 fully saturated rings. The quantitative estimate of drug-likeness (QED) is 0.330. The molecule has 10 heteroatoms. The summed E-state index contributed by atoms with van der Waals surface area (Å²) in [6.45, 7) is 1.39. The van der Waals surface area contributed by atoms with Gasteiger partial charge in [-0.15, -0.1) is 5.10 Å². The van der Waals surface area contributed by atoms with Crippen molar-refractivity contribution < 1.29 is 9.90 Å². The maximum Gasteiger partial charge on any atom is 0.327 e. The number of rotatable bonds is 6. The first-order chi connectivity index (χ1) is 13.0. The fourth-order valence-electron chi connectivity index (χ4n) is 2.89. The molecule has 3 N–H and O–H groups in total. The number of nitrogens with zero attached hydrogens (tertiary/aromatic N) is 5. The first-order valence-electron chi connectivity index (χ1n) is 8.41. The van der Waals surface area contributed by atoms with E-state index in [0.29, 0.717) is 10.8 Å². The van der Waals surface area contributed by atoms with Crippen molar-refractivity contribution in [3.05, 3.63) is 45.9 Å². The number of carboxylic acids is 1. The van der Waals surface area contributed by atoms with Gasteiger partial charge in [0.15, 0.2) is 17.5 Å². The van der Waals surface area contributed by atoms with Gasteiger partial charge in [0, 0.05) is 18.1 Å². The zero-order valence-corrected chi connectivity index (χ0v) is 16.0. The van der Waals surface area contributed by atoms with Crippen LogP contribution in [0.3, 0.4) is 0 Å². The molecule has 0 atom stereocenters. The third-order valence-corrected chi connectivity index (χ3v) is 5.61. The zero-order chi connectivity index (χ0) is 19.2. The smallest absolute Gasteiger partial charge is 0.327 e. The Morgan fingerprint density at radius 2 is 2.04 bits per heavy atom. The summed E-state index contributed by atoms with van der Waals surface area (Å²) in [5.41, 5.74) is 7.18. The molecular weight excluding hydrogens is 388 g/mol. The molecule has 0 spiro atoms. The molecule has 0 saturated carbocycles. The third-order valence-electron chi connectivity index (χ3n) is 4.27. The molecule has 0 bridgehead atoms. The average Bonchev–Trinajstić information content (AvgIpc) is 3.16. The zero-order valence-electron chi connectivity index (χ0n) is 14.5. The fraction of sp³-hybridized carbons (Fsp3) is 0.353. The van der Waals surface area contributed by atoms with Gasteiger partial charge in [0.25, 0.3) is 0 Å². The van der Waals surface area contributed by atoms with Crippen molar-refractivity contribution in [1.29, 1.82) is 0 Å². The minimum Gasteiger partial charge on any atom is -0.480 e. The number of nitrogens with two attached hydrogens (primary N) is 1. The van der Waals surface area contributed by atoms with Crippen LogP contribution in [0.1, 0.15) is 29.2 Å². The molecule has 1 aromatic heterocycles. The molecule has 1 aliphatic rings. The number of piperidine rings is 1. The maximum absolute atomic E-state index is 10.4. The van der Waals surface area contributed by atoms with Gasteiger partial charge in [0.1, 0.15) is 0 Å². The highest BCUT2D eigenvalue weighted by molar-refractivity contribution is 7.17. The van der Waals surface area contributed by atoms with Crippen molar-refractivity contribution in [2.75, 3.05) is 24.5 Å². The standard InChI is InChI=1S/C17H19ClN6O2S/c18-13-3-1-11(2-4-13)12-5-7-24(8-6-12)17-20-9-14(27-17)16(19)22-23-21-10-15(25)26/h1-4,9,12H,5-8,10H2,(H,25,26)(H2,19,21,22). The van der Waals surface area contributed by atoms with Crippen molar-refractivity contribution in [2.45, 2.75) is 18.8 Å². The van der Waals surface area contributed by atoms with Crippen LogP contribution in [0.25, 0.3) is 0 Å². The molecule has 142 valence electrons. The van der Waals surface area contributed by atoms with E-state index in [9.17, 15) is 4.79 Å². The topological polar surface area (TPSA) is 117 Å². The van der Waals surface area contributed by atoms with Crippen LogP contribution in [0.5, 0.6) is 0 Å². The van der Waals surface area contributed by atoms with Crippen molar-refractivity contribution in [3.63, 3.8) is 0 Å². The predicted octanol–water partition coefficient (Wildman–Crippen LogP) is 3.34. The monoisotopic (exact) mass is 406 g/mol. The second-order valence-corrected chi connectivity index (χ2v) is 7.53. The Kier molecular flexibility index (Phi) is 6.36. The Morgan fingerprint density at radius 1 is 1.33 bits per heavy atom. The summed E-state index contributed by atoms with van der Waals surface area (Å²) in [5, 5.41) is 20.7. The SMILES string of the molecule is N/C(=N\N=NCC(=O)O)c1cnc(N2CCC(c3ccc(Cl)cc3)CC2)s1. The highest BCUT2D eigenvalue weighted by atomic mass is 35.5. The summed E-state index contributed by atoms with van der Waals surface area (Å²) >= 11 is 7.40. The van der Waals surface area contributed by atoms with Crippen molar-refractivity contribution in [2.24, 2.45) is 21.2 Å². The molecular formula is C17H19ClN6O2S. The number of thiazole rings is 1. The van der Waals surface area contributed by atoms with Crippen LogP contribution in [-0.2, 0) is 4.79 Å². The lowest BCUT2D eigenvalue weighted by Crippen LogP contribution is -2.32. The minimum absolute atomic E-state index is 0.170. The number of benzene rings is 1. The number of aromatic nitrogens is 1. The Balaban J connectivity index is 1.57. The largest absolute Gasteiger partial charge is 0.480 e. The average molecular weight is 407 g/mol. The summed E-state index contributed by atoms with van der Waals surface area (Å²) in [6.07, 6.45) is 3.74. The van der Waals surface area contributed by atoms with E-state index in [-0.39, 0.29) is 5.84 Å². The van der Waals surface area contributed by atoms with Crippen LogP contribution in [-0.4, -0.2) is 41.5 Å². The number of carbonyl (C=O) groups is 1. The van der Waals surface area contributed by atoms with E-state index in [4.69, 9.17) is 22.4 Å². The van der Waals surface area contributed by atoms with Gasteiger partial charge in [-0.3, -0.25) is 4.79 Å². The van der Waals surface area contributed by atoms with E-state index in [1.165, 1.54) is 16.9 Å². The number of hydrogen-bond acceptors (Lipinski definition) is 6. The minimum atomic E-state index is -1.07. The van der Waals surface area contributed by atoms with E-state index >= 15 is 0 Å². The summed E-state index contributed by atoms with van der Waals surface area (Å²) in [6, 6.07) is 8.07. The lowest BCUT2D eigenvalue weighted by atomic mass is 9.90. The van der Waals surface area contributed by atoms with Crippen LogP contribution in [0, 0.1) is 0 Å². The van der Waals surface area contributed by atoms with Crippen LogP contribution in [0.15, 0.2) is 45.9 Å². The van der Waals surface area contributed by atoms with Gasteiger partial charge in [0.05, 0.1) is 11.1 Å². The highest BCUT2D eigenvalue weighted by Crippen LogP contribution is 2.32. The summed E-state index contributed by atoms with van der Waals surface area (Å²) in [4.78, 5) is 17.7. The summed E-state index contributed by atoms with van der Waals surface area (Å²) in [5.74, 6) is -0.377. The fourth-order valence-corrected chi connectivity index (χ4v) is 3.88. The molecule has 0 amide bonds. The van der Waals surface area contributed by atoms with Crippen LogP contribution in [0.4, 0.5) is 5.13 Å². The normalized spacial score (nSPS) is 16.2. The molecule has 8 nitrogen and oxygen atoms in total. The van der Waals surface area contributed by atoms with Gasteiger partial charge in [-0.1, -0.05) is 35.1 Å².